The molecular formula is C4H5N3O3S2. The summed E-state index contributed by atoms with van der Waals surface area (Å²) in [6.45, 7) is 0. The van der Waals surface area contributed by atoms with Gasteiger partial charge in [-0.25, -0.2) is 4.79 Å². The topological polar surface area (TPSA) is 109 Å². The van der Waals surface area contributed by atoms with Crippen LogP contribution in [0.1, 0.15) is 0 Å². The quantitative estimate of drug-likeness (QED) is 0.457. The van der Waals surface area contributed by atoms with E-state index in [0.29, 0.717) is 16.1 Å². The molecule has 66 valence electrons. The summed E-state index contributed by atoms with van der Waals surface area (Å²) in [5, 5.41) is 24.4. The molecule has 1 aromatic rings. The van der Waals surface area contributed by atoms with Crippen LogP contribution in [0.25, 0.3) is 0 Å². The average molecular weight is 207 g/mol. The third-order valence-electron chi connectivity index (χ3n) is 0.846. The molecule has 4 N–H and O–H groups in total. The number of nitrogens with two attached hydrogens (primary N) is 1. The molecule has 0 radical (unpaired) electrons. The molecule has 0 saturated carbocycles. The molecule has 1 unspecified atom stereocenters. The number of rotatable bonds is 3. The lowest BCUT2D eigenvalue weighted by Crippen LogP contribution is -2.14. The summed E-state index contributed by atoms with van der Waals surface area (Å²) in [4.78, 5) is 10.2. The van der Waals surface area contributed by atoms with Crippen LogP contribution >= 0.6 is 23.1 Å². The van der Waals surface area contributed by atoms with Crippen molar-refractivity contribution in [2.75, 3.05) is 5.73 Å². The summed E-state index contributed by atoms with van der Waals surface area (Å²) in [7, 11) is 0. The number of thioether (sulfide) groups is 1. The van der Waals surface area contributed by atoms with Crippen LogP contribution in [0.5, 0.6) is 0 Å². The summed E-state index contributed by atoms with van der Waals surface area (Å²) >= 11 is 1.72. The number of anilines is 1. The monoisotopic (exact) mass is 207 g/mol. The van der Waals surface area contributed by atoms with Gasteiger partial charge in [0.25, 0.3) is 0 Å². The highest BCUT2D eigenvalue weighted by atomic mass is 32.2. The molecule has 0 bridgehead atoms. The van der Waals surface area contributed by atoms with Gasteiger partial charge >= 0.3 is 5.97 Å². The molecule has 8 heteroatoms. The highest BCUT2D eigenvalue weighted by molar-refractivity contribution is 8.02. The van der Waals surface area contributed by atoms with E-state index < -0.39 is 11.4 Å². The number of aromatic nitrogens is 2. The maximum Gasteiger partial charge on any atom is 0.343 e. The number of aliphatic hydroxyl groups is 1. The van der Waals surface area contributed by atoms with Gasteiger partial charge in [0, 0.05) is 0 Å². The highest BCUT2D eigenvalue weighted by Gasteiger charge is 2.16. The molecule has 1 rings (SSSR count). The van der Waals surface area contributed by atoms with E-state index in [0.717, 1.165) is 11.3 Å². The second-order valence-corrected chi connectivity index (χ2v) is 4.05. The Hall–Kier alpha value is -0.860. The van der Waals surface area contributed by atoms with Crippen molar-refractivity contribution in [2.45, 2.75) is 9.78 Å². The molecular weight excluding hydrogens is 202 g/mol. The lowest BCUT2D eigenvalue weighted by atomic mass is 10.7. The van der Waals surface area contributed by atoms with Crippen LogP contribution in [-0.4, -0.2) is 31.8 Å². The predicted octanol–water partition coefficient (Wildman–Crippen LogP) is -0.385. The van der Waals surface area contributed by atoms with Gasteiger partial charge in [0.2, 0.25) is 10.6 Å². The van der Waals surface area contributed by atoms with Crippen LogP contribution in [0.2, 0.25) is 0 Å². The van der Waals surface area contributed by atoms with E-state index in [2.05, 4.69) is 10.2 Å². The van der Waals surface area contributed by atoms with Gasteiger partial charge in [0.15, 0.2) is 4.34 Å². The number of nitrogens with zero attached hydrogens (tertiary/aromatic N) is 2. The molecule has 0 aliphatic rings. The summed E-state index contributed by atoms with van der Waals surface area (Å²) in [5.41, 5.74) is 3.72. The number of aliphatic carboxylic acids is 1. The largest absolute Gasteiger partial charge is 0.479 e. The number of carboxylic acid groups (broad SMARTS) is 1. The van der Waals surface area contributed by atoms with Crippen LogP contribution in [0, 0.1) is 0 Å². The van der Waals surface area contributed by atoms with Crippen molar-refractivity contribution < 1.29 is 15.0 Å². The Bertz CT molecular complexity index is 289. The lowest BCUT2D eigenvalue weighted by molar-refractivity contribution is -0.141. The predicted molar refractivity (Wildman–Crippen MR) is 43.8 cm³/mol. The molecule has 0 aliphatic carbocycles. The number of nitrogen functional groups attached to an aromatic ring is 1. The fraction of sp³-hybridized carbons (Fsp3) is 0.250. The standard InChI is InChI=1S/C4H5N3O3S2/c5-3-6-7-4(12-3)11-2(10)1(8)9/h2,10H,(H2,5,6)(H,8,9). The zero-order valence-electron chi connectivity index (χ0n) is 5.67. The normalized spacial score (nSPS) is 12.8. The van der Waals surface area contributed by atoms with Gasteiger partial charge in [0.1, 0.15) is 0 Å². The molecule has 6 nitrogen and oxygen atoms in total. The van der Waals surface area contributed by atoms with Crippen molar-refractivity contribution in [1.29, 1.82) is 0 Å². The van der Waals surface area contributed by atoms with E-state index in [-0.39, 0.29) is 5.13 Å². The Morgan fingerprint density at radius 1 is 1.67 bits per heavy atom. The zero-order chi connectivity index (χ0) is 9.14. The van der Waals surface area contributed by atoms with Crippen LogP contribution in [0.15, 0.2) is 4.34 Å². The molecule has 12 heavy (non-hydrogen) atoms. The van der Waals surface area contributed by atoms with E-state index in [1.807, 2.05) is 0 Å². The first kappa shape index (κ1) is 9.23. The van der Waals surface area contributed by atoms with Gasteiger partial charge in [-0.3, -0.25) is 0 Å². The van der Waals surface area contributed by atoms with Crippen LogP contribution in [0.4, 0.5) is 5.13 Å². The first-order valence-corrected chi connectivity index (χ1v) is 4.45. The molecule has 0 spiro atoms. The summed E-state index contributed by atoms with van der Waals surface area (Å²) in [5.74, 6) is -1.31. The van der Waals surface area contributed by atoms with Gasteiger partial charge in [-0.05, 0) is 0 Å². The fourth-order valence-electron chi connectivity index (χ4n) is 0.414. The van der Waals surface area contributed by atoms with E-state index in [1.54, 1.807) is 0 Å². The molecule has 0 aromatic carbocycles. The average Bonchev–Trinajstić information content (AvgIpc) is 2.35. The Balaban J connectivity index is 2.58. The minimum atomic E-state index is -1.52. The van der Waals surface area contributed by atoms with Crippen molar-refractivity contribution in [3.63, 3.8) is 0 Å². The second kappa shape index (κ2) is 3.70. The number of carbonyl (C=O) groups is 1. The van der Waals surface area contributed by atoms with Gasteiger partial charge in [-0.2, -0.15) is 0 Å². The lowest BCUT2D eigenvalue weighted by Gasteiger charge is -1.98. The van der Waals surface area contributed by atoms with E-state index in [1.165, 1.54) is 0 Å². The minimum absolute atomic E-state index is 0.245. The van der Waals surface area contributed by atoms with Crippen LogP contribution < -0.4 is 5.73 Å². The van der Waals surface area contributed by atoms with E-state index in [4.69, 9.17) is 15.9 Å². The number of carboxylic acids is 1. The van der Waals surface area contributed by atoms with E-state index in [9.17, 15) is 4.79 Å². The van der Waals surface area contributed by atoms with Gasteiger partial charge in [-0.15, -0.1) is 10.2 Å². The fourth-order valence-corrected chi connectivity index (χ4v) is 1.86. The van der Waals surface area contributed by atoms with Gasteiger partial charge < -0.3 is 15.9 Å². The minimum Gasteiger partial charge on any atom is -0.479 e. The van der Waals surface area contributed by atoms with Crippen molar-refractivity contribution in [3.8, 4) is 0 Å². The third-order valence-corrected chi connectivity index (χ3v) is 2.64. The van der Waals surface area contributed by atoms with Crippen molar-refractivity contribution in [3.05, 3.63) is 0 Å². The highest BCUT2D eigenvalue weighted by Crippen LogP contribution is 2.26. The smallest absolute Gasteiger partial charge is 0.343 e. The Labute approximate surface area is 75.4 Å². The molecule has 1 atom stereocenters. The van der Waals surface area contributed by atoms with Crippen molar-refractivity contribution in [2.24, 2.45) is 0 Å². The Morgan fingerprint density at radius 2 is 2.33 bits per heavy atom. The van der Waals surface area contributed by atoms with Crippen LogP contribution in [-0.2, 0) is 4.79 Å². The SMILES string of the molecule is Nc1nnc(SC(O)C(=O)O)s1. The third kappa shape index (κ3) is 2.32. The Kier molecular flexibility index (Phi) is 2.84. The van der Waals surface area contributed by atoms with E-state index >= 15 is 0 Å². The molecule has 0 aliphatic heterocycles. The molecule has 1 aromatic heterocycles. The second-order valence-electron chi connectivity index (χ2n) is 1.71. The first-order chi connectivity index (χ1) is 5.59. The van der Waals surface area contributed by atoms with Crippen molar-refractivity contribution in [1.82, 2.24) is 10.2 Å². The number of hydrogen-bond donors (Lipinski definition) is 3. The molecule has 0 fully saturated rings. The van der Waals surface area contributed by atoms with Gasteiger partial charge in [0.05, 0.1) is 0 Å². The molecule has 1 heterocycles. The zero-order valence-corrected chi connectivity index (χ0v) is 7.30. The summed E-state index contributed by atoms with van der Waals surface area (Å²) < 4.78 is 0.336. The van der Waals surface area contributed by atoms with Gasteiger partial charge in [-0.1, -0.05) is 23.1 Å². The summed E-state index contributed by atoms with van der Waals surface area (Å²) in [6.07, 6.45) is 0. The maximum atomic E-state index is 10.2. The maximum absolute atomic E-state index is 10.2. The van der Waals surface area contributed by atoms with Crippen molar-refractivity contribution >= 4 is 34.2 Å². The molecule has 0 amide bonds. The number of aliphatic hydroxyl groups excluding tert-OH is 1. The molecule has 0 saturated heterocycles. The Morgan fingerprint density at radius 3 is 2.75 bits per heavy atom. The number of hydrogen-bond acceptors (Lipinski definition) is 7. The first-order valence-electron chi connectivity index (χ1n) is 2.76. The summed E-state index contributed by atoms with van der Waals surface area (Å²) in [6, 6.07) is 0. The van der Waals surface area contributed by atoms with Crippen LogP contribution in [0.3, 0.4) is 0 Å².